The fourth-order valence-electron chi connectivity index (χ4n) is 1.76. The van der Waals surface area contributed by atoms with Gasteiger partial charge in [0.25, 0.3) is 0 Å². The van der Waals surface area contributed by atoms with Crippen molar-refractivity contribution in [2.75, 3.05) is 22.9 Å². The van der Waals surface area contributed by atoms with E-state index < -0.39 is 0 Å². The number of hydrogen-bond donors (Lipinski definition) is 4. The number of anilines is 4. The van der Waals surface area contributed by atoms with Crippen LogP contribution in [0.1, 0.15) is 11.1 Å². The van der Waals surface area contributed by atoms with E-state index in [0.29, 0.717) is 23.5 Å². The zero-order valence-corrected chi connectivity index (χ0v) is 9.48. The van der Waals surface area contributed by atoms with Crippen molar-refractivity contribution < 1.29 is 0 Å². The summed E-state index contributed by atoms with van der Waals surface area (Å²) in [5.41, 5.74) is 27.9. The second kappa shape index (κ2) is 4.25. The van der Waals surface area contributed by atoms with Gasteiger partial charge in [-0.2, -0.15) is 0 Å². The van der Waals surface area contributed by atoms with Gasteiger partial charge in [0, 0.05) is 29.2 Å². The molecular weight excluding hydrogens is 212 g/mol. The molecule has 0 aliphatic rings. The molecule has 17 heavy (non-hydrogen) atoms. The summed E-state index contributed by atoms with van der Waals surface area (Å²) in [6.07, 6.45) is 0.656. The maximum Gasteiger partial charge on any atom is 0.0370 e. The molecule has 0 aromatic heterocycles. The minimum atomic E-state index is 0.656. The maximum atomic E-state index is 5.91. The minimum Gasteiger partial charge on any atom is -0.399 e. The average molecular weight is 228 g/mol. The molecule has 0 bridgehead atoms. The predicted octanol–water partition coefficient (Wildman–Crippen LogP) is 1.61. The smallest absolute Gasteiger partial charge is 0.0370 e. The van der Waals surface area contributed by atoms with Gasteiger partial charge >= 0.3 is 0 Å². The Morgan fingerprint density at radius 2 is 1.29 bits per heavy atom. The predicted molar refractivity (Wildman–Crippen MR) is 73.3 cm³/mol. The first-order valence-corrected chi connectivity index (χ1v) is 5.34. The van der Waals surface area contributed by atoms with Crippen LogP contribution in [-0.4, -0.2) is 0 Å². The molecule has 0 heterocycles. The third-order valence-corrected chi connectivity index (χ3v) is 2.72. The summed E-state index contributed by atoms with van der Waals surface area (Å²) < 4.78 is 0. The van der Waals surface area contributed by atoms with Crippen LogP contribution in [-0.2, 0) is 6.42 Å². The molecule has 0 radical (unpaired) electrons. The van der Waals surface area contributed by atoms with E-state index in [-0.39, 0.29) is 0 Å². The molecule has 0 spiro atoms. The van der Waals surface area contributed by atoms with Gasteiger partial charge in [-0.3, -0.25) is 0 Å². The summed E-state index contributed by atoms with van der Waals surface area (Å²) in [4.78, 5) is 0. The molecule has 0 amide bonds. The van der Waals surface area contributed by atoms with Crippen molar-refractivity contribution in [3.63, 3.8) is 0 Å². The number of rotatable bonds is 2. The molecule has 0 saturated carbocycles. The number of hydrogen-bond acceptors (Lipinski definition) is 4. The molecule has 2 rings (SSSR count). The van der Waals surface area contributed by atoms with Crippen LogP contribution in [0.3, 0.4) is 0 Å². The van der Waals surface area contributed by atoms with Crippen molar-refractivity contribution in [2.24, 2.45) is 0 Å². The summed E-state index contributed by atoms with van der Waals surface area (Å²) in [5, 5.41) is 0. The van der Waals surface area contributed by atoms with E-state index in [0.717, 1.165) is 16.8 Å². The van der Waals surface area contributed by atoms with Crippen LogP contribution in [0, 0.1) is 0 Å². The topological polar surface area (TPSA) is 104 Å². The highest BCUT2D eigenvalue weighted by Crippen LogP contribution is 2.23. The van der Waals surface area contributed by atoms with E-state index in [4.69, 9.17) is 22.9 Å². The minimum absolute atomic E-state index is 0.656. The maximum absolute atomic E-state index is 5.91. The average Bonchev–Trinajstić information content (AvgIpc) is 2.27. The molecule has 4 heteroatoms. The summed E-state index contributed by atoms with van der Waals surface area (Å²) in [5.74, 6) is 0. The highest BCUT2D eigenvalue weighted by Gasteiger charge is 2.05. The van der Waals surface area contributed by atoms with Crippen LogP contribution in [0.15, 0.2) is 36.4 Å². The zero-order chi connectivity index (χ0) is 12.4. The molecule has 8 N–H and O–H groups in total. The van der Waals surface area contributed by atoms with Crippen LogP contribution >= 0.6 is 0 Å². The molecular formula is C13H16N4. The molecule has 0 aliphatic carbocycles. The van der Waals surface area contributed by atoms with Crippen LogP contribution < -0.4 is 22.9 Å². The fraction of sp³-hybridized carbons (Fsp3) is 0.0769. The van der Waals surface area contributed by atoms with E-state index in [1.165, 1.54) is 0 Å². The number of nitrogen functional groups attached to an aromatic ring is 4. The molecule has 4 nitrogen and oxygen atoms in total. The fourth-order valence-corrected chi connectivity index (χ4v) is 1.76. The third kappa shape index (κ3) is 2.42. The largest absolute Gasteiger partial charge is 0.399 e. The van der Waals surface area contributed by atoms with Crippen molar-refractivity contribution >= 4 is 22.7 Å². The number of benzene rings is 2. The van der Waals surface area contributed by atoms with Gasteiger partial charge in [0.1, 0.15) is 0 Å². The number of nitrogens with two attached hydrogens (primary N) is 4. The molecule has 0 saturated heterocycles. The Morgan fingerprint density at radius 1 is 0.647 bits per heavy atom. The first-order chi connectivity index (χ1) is 8.06. The highest BCUT2D eigenvalue weighted by molar-refractivity contribution is 5.61. The van der Waals surface area contributed by atoms with Crippen molar-refractivity contribution in [3.05, 3.63) is 47.5 Å². The normalized spacial score (nSPS) is 10.4. The van der Waals surface area contributed by atoms with Crippen molar-refractivity contribution in [1.82, 2.24) is 0 Å². The Hall–Kier alpha value is -2.36. The third-order valence-electron chi connectivity index (χ3n) is 2.72. The van der Waals surface area contributed by atoms with Crippen LogP contribution in [0.25, 0.3) is 0 Å². The molecule has 88 valence electrons. The summed E-state index contributed by atoms with van der Waals surface area (Å²) in [6.45, 7) is 0. The second-order valence-electron chi connectivity index (χ2n) is 4.09. The highest BCUT2D eigenvalue weighted by atomic mass is 14.6. The second-order valence-corrected chi connectivity index (χ2v) is 4.09. The molecule has 2 aromatic carbocycles. The molecule has 0 aliphatic heterocycles. The van der Waals surface area contributed by atoms with Crippen molar-refractivity contribution in [1.29, 1.82) is 0 Å². The van der Waals surface area contributed by atoms with Crippen LogP contribution in [0.5, 0.6) is 0 Å². The van der Waals surface area contributed by atoms with E-state index in [2.05, 4.69) is 0 Å². The van der Waals surface area contributed by atoms with Gasteiger partial charge in [0.15, 0.2) is 0 Å². The van der Waals surface area contributed by atoms with Crippen molar-refractivity contribution in [2.45, 2.75) is 6.42 Å². The molecule has 0 fully saturated rings. The van der Waals surface area contributed by atoms with Crippen LogP contribution in [0.2, 0.25) is 0 Å². The van der Waals surface area contributed by atoms with Gasteiger partial charge in [-0.05, 0) is 41.5 Å². The molecule has 0 unspecified atom stereocenters. The van der Waals surface area contributed by atoms with Gasteiger partial charge in [-0.15, -0.1) is 0 Å². The van der Waals surface area contributed by atoms with Gasteiger partial charge < -0.3 is 22.9 Å². The van der Waals surface area contributed by atoms with Gasteiger partial charge in [0.2, 0.25) is 0 Å². The first kappa shape index (κ1) is 11.1. The van der Waals surface area contributed by atoms with E-state index in [9.17, 15) is 0 Å². The summed E-state index contributed by atoms with van der Waals surface area (Å²) in [7, 11) is 0. The van der Waals surface area contributed by atoms with Crippen LogP contribution in [0.4, 0.5) is 22.7 Å². The Bertz CT molecular complexity index is 549. The Balaban J connectivity index is 2.34. The van der Waals surface area contributed by atoms with E-state index >= 15 is 0 Å². The first-order valence-electron chi connectivity index (χ1n) is 5.34. The lowest BCUT2D eigenvalue weighted by Gasteiger charge is -2.09. The lowest BCUT2D eigenvalue weighted by Crippen LogP contribution is -2.01. The SMILES string of the molecule is Nc1ccc(Cc2cc(N)ccc2N)c(N)c1. The standard InChI is InChI=1S/C13H16N4/c14-10-3-4-12(16)9(6-10)5-8-1-2-11(15)7-13(8)17/h1-4,6-7H,5,14-17H2. The Morgan fingerprint density at radius 3 is 2.00 bits per heavy atom. The summed E-state index contributed by atoms with van der Waals surface area (Å²) in [6, 6.07) is 10.9. The Kier molecular flexibility index (Phi) is 2.78. The summed E-state index contributed by atoms with van der Waals surface area (Å²) >= 11 is 0. The molecule has 2 aromatic rings. The van der Waals surface area contributed by atoms with Gasteiger partial charge in [-0.25, -0.2) is 0 Å². The Labute approximate surface area is 100 Å². The van der Waals surface area contributed by atoms with E-state index in [1.54, 1.807) is 18.2 Å². The van der Waals surface area contributed by atoms with Gasteiger partial charge in [0.05, 0.1) is 0 Å². The van der Waals surface area contributed by atoms with E-state index in [1.807, 2.05) is 18.2 Å². The van der Waals surface area contributed by atoms with Crippen molar-refractivity contribution in [3.8, 4) is 0 Å². The quantitative estimate of drug-likeness (QED) is 0.586. The van der Waals surface area contributed by atoms with Gasteiger partial charge in [-0.1, -0.05) is 6.07 Å². The lowest BCUT2D eigenvalue weighted by atomic mass is 10.0. The zero-order valence-electron chi connectivity index (χ0n) is 9.48. The molecule has 0 atom stereocenters. The lowest BCUT2D eigenvalue weighted by molar-refractivity contribution is 1.20. The monoisotopic (exact) mass is 228 g/mol.